The molecule has 16 heavy (non-hydrogen) atoms. The van der Waals surface area contributed by atoms with Crippen LogP contribution in [0.25, 0.3) is 0 Å². The first-order valence-corrected chi connectivity index (χ1v) is 6.20. The summed E-state index contributed by atoms with van der Waals surface area (Å²) in [6, 6.07) is 1.99. The largest absolute Gasteiger partial charge is 0.370 e. The summed E-state index contributed by atoms with van der Waals surface area (Å²) in [5.41, 5.74) is 16.8. The van der Waals surface area contributed by atoms with E-state index in [0.29, 0.717) is 14.7 Å². The van der Waals surface area contributed by atoms with Crippen LogP contribution in [0.3, 0.4) is 0 Å². The zero-order valence-corrected chi connectivity index (χ0v) is 10.1. The van der Waals surface area contributed by atoms with E-state index in [9.17, 15) is 4.79 Å². The fraction of sp³-hybridized carbons (Fsp3) is 0.400. The van der Waals surface area contributed by atoms with Crippen molar-refractivity contribution in [3.8, 4) is 0 Å². The monoisotopic (exact) mass is 240 g/mol. The van der Waals surface area contributed by atoms with Gasteiger partial charge in [-0.3, -0.25) is 9.79 Å². The summed E-state index contributed by atoms with van der Waals surface area (Å²) in [5.74, 6) is 1.81. The van der Waals surface area contributed by atoms with Crippen LogP contribution in [0.5, 0.6) is 0 Å². The summed E-state index contributed by atoms with van der Waals surface area (Å²) in [6.45, 7) is 0.632. The standard InChI is InChI=1S/C10H17N4OP/c11-9(15)8-7(4-6-16-8)3-1-2-5-14-10(12)13/h4,6,16H,1-3,5H2,(H2,11,15)(H4,12,13,14). The van der Waals surface area contributed by atoms with E-state index < -0.39 is 0 Å². The molecule has 0 aliphatic rings. The Morgan fingerprint density at radius 3 is 2.69 bits per heavy atom. The molecule has 0 saturated heterocycles. The second-order valence-corrected chi connectivity index (χ2v) is 4.63. The van der Waals surface area contributed by atoms with Crippen molar-refractivity contribution in [2.45, 2.75) is 19.3 Å². The first-order chi connectivity index (χ1) is 7.61. The minimum absolute atomic E-state index is 0.124. The number of nitrogens with two attached hydrogens (primary N) is 3. The summed E-state index contributed by atoms with van der Waals surface area (Å²) in [4.78, 5) is 15.0. The third-order valence-electron chi connectivity index (χ3n) is 2.23. The van der Waals surface area contributed by atoms with Gasteiger partial charge in [0.25, 0.3) is 5.91 Å². The number of aryl methyl sites for hydroxylation is 1. The number of hydrogen-bond donors (Lipinski definition) is 3. The van der Waals surface area contributed by atoms with Gasteiger partial charge >= 0.3 is 0 Å². The van der Waals surface area contributed by atoms with E-state index in [1.165, 1.54) is 0 Å². The molecule has 1 heterocycles. The zero-order chi connectivity index (χ0) is 12.0. The fourth-order valence-corrected chi connectivity index (χ4v) is 2.46. The van der Waals surface area contributed by atoms with E-state index in [-0.39, 0.29) is 11.9 Å². The highest BCUT2D eigenvalue weighted by atomic mass is 31.0. The number of rotatable bonds is 6. The molecule has 0 aliphatic heterocycles. The van der Waals surface area contributed by atoms with Gasteiger partial charge in [0, 0.05) is 6.54 Å². The Bertz CT molecular complexity index is 382. The molecule has 0 radical (unpaired) electrons. The first kappa shape index (κ1) is 12.6. The number of primary amides is 1. The Morgan fingerprint density at radius 1 is 1.31 bits per heavy atom. The van der Waals surface area contributed by atoms with E-state index in [4.69, 9.17) is 17.2 Å². The van der Waals surface area contributed by atoms with Crippen LogP contribution in [0.15, 0.2) is 16.9 Å². The molecule has 0 saturated carbocycles. The smallest absolute Gasteiger partial charge is 0.252 e. The second-order valence-electron chi connectivity index (χ2n) is 3.51. The van der Waals surface area contributed by atoms with Crippen LogP contribution in [0.2, 0.25) is 0 Å². The van der Waals surface area contributed by atoms with E-state index in [0.717, 1.165) is 30.1 Å². The van der Waals surface area contributed by atoms with Crippen molar-refractivity contribution in [3.63, 3.8) is 0 Å². The van der Waals surface area contributed by atoms with Crippen molar-refractivity contribution in [3.05, 3.63) is 22.7 Å². The maximum atomic E-state index is 11.1. The van der Waals surface area contributed by atoms with Crippen LogP contribution in [-0.2, 0) is 6.42 Å². The number of carbonyl (C=O) groups is 1. The Hall–Kier alpha value is -1.48. The quantitative estimate of drug-likeness (QED) is 0.381. The van der Waals surface area contributed by atoms with Crippen LogP contribution in [0, 0.1) is 0 Å². The summed E-state index contributed by atoms with van der Waals surface area (Å²) in [6.07, 6.45) is 2.73. The topological polar surface area (TPSA) is 107 Å². The maximum Gasteiger partial charge on any atom is 0.252 e. The molecule has 0 fully saturated rings. The van der Waals surface area contributed by atoms with Crippen LogP contribution >= 0.6 is 8.19 Å². The molecule has 1 unspecified atom stereocenters. The molecular formula is C10H17N4OP. The first-order valence-electron chi connectivity index (χ1n) is 5.12. The second kappa shape index (κ2) is 6.18. The van der Waals surface area contributed by atoms with Crippen LogP contribution < -0.4 is 17.2 Å². The Labute approximate surface area is 96.2 Å². The number of carbonyl (C=O) groups excluding carboxylic acids is 1. The Morgan fingerprint density at radius 2 is 2.06 bits per heavy atom. The number of aliphatic imine (C=N–C) groups is 1. The predicted octanol–water partition coefficient (Wildman–Crippen LogP) is 0.413. The Balaban J connectivity index is 2.35. The number of unbranched alkanes of at least 4 members (excludes halogenated alkanes) is 1. The summed E-state index contributed by atoms with van der Waals surface area (Å²) in [7, 11) is 0.426. The molecule has 6 N–H and O–H groups in total. The average Bonchev–Trinajstić information content (AvgIpc) is 2.65. The fourth-order valence-electron chi connectivity index (χ4n) is 1.47. The predicted molar refractivity (Wildman–Crippen MR) is 68.1 cm³/mol. The van der Waals surface area contributed by atoms with Gasteiger partial charge in [0.05, 0.1) is 5.30 Å². The number of hydrogen-bond acceptors (Lipinski definition) is 2. The number of guanidine groups is 1. The molecule has 5 nitrogen and oxygen atoms in total. The van der Waals surface area contributed by atoms with E-state index in [1.54, 1.807) is 0 Å². The van der Waals surface area contributed by atoms with Gasteiger partial charge < -0.3 is 17.2 Å². The Kier molecular flexibility index (Phi) is 4.86. The van der Waals surface area contributed by atoms with Crippen molar-refractivity contribution in [1.82, 2.24) is 0 Å². The molecular weight excluding hydrogens is 223 g/mol. The van der Waals surface area contributed by atoms with Crippen molar-refractivity contribution in [1.29, 1.82) is 0 Å². The molecule has 1 rings (SSSR count). The molecule has 88 valence electrons. The van der Waals surface area contributed by atoms with Gasteiger partial charge in [0.1, 0.15) is 0 Å². The average molecular weight is 240 g/mol. The lowest BCUT2D eigenvalue weighted by Gasteiger charge is -2.00. The van der Waals surface area contributed by atoms with Crippen LogP contribution in [0.4, 0.5) is 0 Å². The minimum Gasteiger partial charge on any atom is -0.370 e. The molecule has 1 aromatic rings. The van der Waals surface area contributed by atoms with Gasteiger partial charge in [-0.05, 0) is 30.6 Å². The maximum absolute atomic E-state index is 11.1. The van der Waals surface area contributed by atoms with Gasteiger partial charge in [-0.25, -0.2) is 0 Å². The van der Waals surface area contributed by atoms with Gasteiger partial charge in [-0.2, -0.15) is 0 Å². The third kappa shape index (κ3) is 3.95. The van der Waals surface area contributed by atoms with Gasteiger partial charge in [-0.1, -0.05) is 6.07 Å². The van der Waals surface area contributed by atoms with Gasteiger partial charge in [-0.15, -0.1) is 8.19 Å². The highest BCUT2D eigenvalue weighted by molar-refractivity contribution is 7.32. The third-order valence-corrected chi connectivity index (χ3v) is 3.42. The molecule has 1 atom stereocenters. The molecule has 1 amide bonds. The lowest BCUT2D eigenvalue weighted by Crippen LogP contribution is -2.22. The highest BCUT2D eigenvalue weighted by Crippen LogP contribution is 2.22. The van der Waals surface area contributed by atoms with E-state index >= 15 is 0 Å². The van der Waals surface area contributed by atoms with E-state index in [2.05, 4.69) is 4.99 Å². The SMILES string of the molecule is NC(=O)c1[pH]ccc1CCCCN=C(N)N. The minimum atomic E-state index is -0.303. The number of amides is 1. The van der Waals surface area contributed by atoms with Crippen LogP contribution in [-0.4, -0.2) is 18.4 Å². The molecule has 0 aliphatic carbocycles. The van der Waals surface area contributed by atoms with Gasteiger partial charge in [0.15, 0.2) is 5.96 Å². The van der Waals surface area contributed by atoms with Crippen molar-refractivity contribution in [2.24, 2.45) is 22.2 Å². The molecule has 0 aromatic carbocycles. The number of nitrogens with zero attached hydrogens (tertiary/aromatic N) is 1. The summed E-state index contributed by atoms with van der Waals surface area (Å²) < 4.78 is 0. The van der Waals surface area contributed by atoms with Crippen molar-refractivity contribution < 1.29 is 4.79 Å². The summed E-state index contributed by atoms with van der Waals surface area (Å²) >= 11 is 0. The van der Waals surface area contributed by atoms with E-state index in [1.807, 2.05) is 11.9 Å². The molecule has 1 aromatic heterocycles. The summed E-state index contributed by atoms with van der Waals surface area (Å²) in [5, 5.41) is 0.766. The zero-order valence-electron chi connectivity index (χ0n) is 9.07. The molecule has 6 heteroatoms. The molecule has 0 bridgehead atoms. The van der Waals surface area contributed by atoms with Crippen LogP contribution in [0.1, 0.15) is 28.5 Å². The lowest BCUT2D eigenvalue weighted by molar-refractivity contribution is 0.100. The lowest BCUT2D eigenvalue weighted by atomic mass is 10.1. The van der Waals surface area contributed by atoms with Crippen molar-refractivity contribution >= 4 is 20.1 Å². The highest BCUT2D eigenvalue weighted by Gasteiger charge is 2.07. The van der Waals surface area contributed by atoms with Gasteiger partial charge in [0.2, 0.25) is 0 Å². The molecule has 0 spiro atoms. The normalized spacial score (nSPS) is 10.5. The van der Waals surface area contributed by atoms with Crippen molar-refractivity contribution in [2.75, 3.05) is 6.54 Å².